The van der Waals surface area contributed by atoms with Crippen molar-refractivity contribution in [3.05, 3.63) is 12.5 Å². The zero-order valence-corrected chi connectivity index (χ0v) is 8.06. The maximum absolute atomic E-state index is 11.6. The van der Waals surface area contributed by atoms with Crippen LogP contribution in [0.15, 0.2) is 12.5 Å². The minimum Gasteiger partial charge on any atom is -0.461 e. The first-order valence-corrected chi connectivity index (χ1v) is 4.44. The highest BCUT2D eigenvalue weighted by Gasteiger charge is 2.04. The van der Waals surface area contributed by atoms with Crippen molar-refractivity contribution in [1.82, 2.24) is 19.9 Å². The number of nitrogens with one attached hydrogen (secondary N) is 1. The van der Waals surface area contributed by atoms with Gasteiger partial charge in [-0.25, -0.2) is 9.97 Å². The number of alkyl halides is 2. The fraction of sp³-hybridized carbons (Fsp3) is 0.375. The molecular formula is C8H8F2N4O2. The summed E-state index contributed by atoms with van der Waals surface area (Å²) in [6.07, 6.45) is 2.97. The number of halogens is 2. The zero-order valence-electron chi connectivity index (χ0n) is 8.06. The molecule has 0 radical (unpaired) electrons. The second-order valence-electron chi connectivity index (χ2n) is 2.77. The minimum absolute atomic E-state index is 0.0414. The normalized spacial score (nSPS) is 11.2. The lowest BCUT2D eigenvalue weighted by molar-refractivity contribution is -0.133. The number of H-pyrrole nitrogens is 1. The summed E-state index contributed by atoms with van der Waals surface area (Å²) in [6.45, 7) is -3.06. The standard InChI is InChI=1S/C8H8F2N4O2/c9-7(10)15-1-2-16-8-11-3-5-6(14-8)13-4-12-5/h3-4,7H,1-2H2,(H,11,12,13,14). The fourth-order valence-corrected chi connectivity index (χ4v) is 1.06. The molecule has 16 heavy (non-hydrogen) atoms. The van der Waals surface area contributed by atoms with Crippen LogP contribution in [0.25, 0.3) is 11.2 Å². The Hall–Kier alpha value is -1.83. The van der Waals surface area contributed by atoms with E-state index in [4.69, 9.17) is 4.74 Å². The molecule has 0 aliphatic heterocycles. The molecule has 0 aliphatic rings. The number of rotatable bonds is 5. The van der Waals surface area contributed by atoms with E-state index < -0.39 is 6.61 Å². The molecule has 2 aromatic rings. The van der Waals surface area contributed by atoms with E-state index in [2.05, 4.69) is 24.7 Å². The maximum atomic E-state index is 11.6. The highest BCUT2D eigenvalue weighted by Crippen LogP contribution is 2.08. The average Bonchev–Trinajstić information content (AvgIpc) is 2.71. The van der Waals surface area contributed by atoms with Crippen molar-refractivity contribution in [2.45, 2.75) is 6.61 Å². The molecule has 0 aliphatic carbocycles. The van der Waals surface area contributed by atoms with Crippen molar-refractivity contribution < 1.29 is 18.3 Å². The molecule has 0 atom stereocenters. The van der Waals surface area contributed by atoms with Crippen molar-refractivity contribution in [2.75, 3.05) is 13.2 Å². The first-order chi connectivity index (χ1) is 7.75. The molecule has 6 nitrogen and oxygen atoms in total. The third-order valence-corrected chi connectivity index (χ3v) is 1.71. The van der Waals surface area contributed by atoms with Crippen LogP contribution in [0.4, 0.5) is 8.78 Å². The van der Waals surface area contributed by atoms with Gasteiger partial charge in [0.05, 0.1) is 19.1 Å². The number of aromatic nitrogens is 4. The van der Waals surface area contributed by atoms with E-state index in [9.17, 15) is 8.78 Å². The van der Waals surface area contributed by atoms with Crippen LogP contribution in [-0.2, 0) is 4.74 Å². The maximum Gasteiger partial charge on any atom is 0.345 e. The van der Waals surface area contributed by atoms with Crippen LogP contribution in [0.5, 0.6) is 6.01 Å². The summed E-state index contributed by atoms with van der Waals surface area (Å²) in [6, 6.07) is 0.0810. The van der Waals surface area contributed by atoms with Gasteiger partial charge in [0.1, 0.15) is 12.1 Å². The van der Waals surface area contributed by atoms with E-state index in [0.717, 1.165) is 0 Å². The molecule has 0 saturated carbocycles. The van der Waals surface area contributed by atoms with Crippen molar-refractivity contribution in [1.29, 1.82) is 0 Å². The predicted octanol–water partition coefficient (Wildman–Crippen LogP) is 0.971. The summed E-state index contributed by atoms with van der Waals surface area (Å²) in [7, 11) is 0. The summed E-state index contributed by atoms with van der Waals surface area (Å²) in [5.41, 5.74) is 1.14. The summed E-state index contributed by atoms with van der Waals surface area (Å²) in [5, 5.41) is 0. The lowest BCUT2D eigenvalue weighted by atomic mass is 10.6. The van der Waals surface area contributed by atoms with Gasteiger partial charge >= 0.3 is 12.6 Å². The Bertz CT molecular complexity index is 462. The molecule has 0 amide bonds. The number of ether oxygens (including phenoxy) is 2. The molecule has 8 heteroatoms. The van der Waals surface area contributed by atoms with Crippen LogP contribution < -0.4 is 4.74 Å². The number of hydrogen-bond donors (Lipinski definition) is 1. The second kappa shape index (κ2) is 4.79. The Morgan fingerprint density at radius 2 is 2.19 bits per heavy atom. The van der Waals surface area contributed by atoms with Crippen LogP contribution in [-0.4, -0.2) is 39.8 Å². The summed E-state index contributed by atoms with van der Waals surface area (Å²) >= 11 is 0. The van der Waals surface area contributed by atoms with Gasteiger partial charge in [-0.3, -0.25) is 0 Å². The van der Waals surface area contributed by atoms with Gasteiger partial charge in [0.25, 0.3) is 0 Å². The molecule has 86 valence electrons. The summed E-state index contributed by atoms with van der Waals surface area (Å²) < 4.78 is 32.2. The molecule has 2 heterocycles. The van der Waals surface area contributed by atoms with Gasteiger partial charge in [0, 0.05) is 0 Å². The van der Waals surface area contributed by atoms with Gasteiger partial charge in [-0.1, -0.05) is 0 Å². The Labute approximate surface area is 88.6 Å². The molecule has 0 fully saturated rings. The average molecular weight is 230 g/mol. The quantitative estimate of drug-likeness (QED) is 0.775. The summed E-state index contributed by atoms with van der Waals surface area (Å²) in [4.78, 5) is 14.5. The van der Waals surface area contributed by atoms with Crippen molar-refractivity contribution in [3.63, 3.8) is 0 Å². The second-order valence-corrected chi connectivity index (χ2v) is 2.77. The van der Waals surface area contributed by atoms with Crippen LogP contribution in [0, 0.1) is 0 Å². The van der Waals surface area contributed by atoms with Crippen LogP contribution >= 0.6 is 0 Å². The lowest BCUT2D eigenvalue weighted by Gasteiger charge is -2.04. The SMILES string of the molecule is FC(F)OCCOc1ncc2[nH]cnc2n1. The Morgan fingerprint density at radius 1 is 1.31 bits per heavy atom. The number of aromatic amines is 1. The molecule has 0 bridgehead atoms. The molecule has 0 saturated heterocycles. The van der Waals surface area contributed by atoms with Crippen LogP contribution in [0.2, 0.25) is 0 Å². The molecule has 1 N–H and O–H groups in total. The molecular weight excluding hydrogens is 222 g/mol. The first kappa shape index (κ1) is 10.7. The number of nitrogens with zero attached hydrogens (tertiary/aromatic N) is 3. The van der Waals surface area contributed by atoms with Crippen LogP contribution in [0.1, 0.15) is 0 Å². The Kier molecular flexibility index (Phi) is 3.20. The van der Waals surface area contributed by atoms with E-state index >= 15 is 0 Å². The van der Waals surface area contributed by atoms with Gasteiger partial charge in [-0.15, -0.1) is 0 Å². The third-order valence-electron chi connectivity index (χ3n) is 1.71. The lowest BCUT2D eigenvalue weighted by Crippen LogP contribution is -2.11. The van der Waals surface area contributed by atoms with E-state index in [-0.39, 0.29) is 19.2 Å². The van der Waals surface area contributed by atoms with E-state index in [1.807, 2.05) is 0 Å². The van der Waals surface area contributed by atoms with Gasteiger partial charge in [0.2, 0.25) is 0 Å². The number of hydrogen-bond acceptors (Lipinski definition) is 5. The largest absolute Gasteiger partial charge is 0.461 e. The first-order valence-electron chi connectivity index (χ1n) is 4.44. The molecule has 0 aromatic carbocycles. The minimum atomic E-state index is -2.79. The number of fused-ring (bicyclic) bond motifs is 1. The Morgan fingerprint density at radius 3 is 3.00 bits per heavy atom. The van der Waals surface area contributed by atoms with Crippen molar-refractivity contribution in [3.8, 4) is 6.01 Å². The highest BCUT2D eigenvalue weighted by molar-refractivity contribution is 5.68. The van der Waals surface area contributed by atoms with Gasteiger partial charge in [-0.2, -0.15) is 13.8 Å². The predicted molar refractivity (Wildman–Crippen MR) is 49.1 cm³/mol. The van der Waals surface area contributed by atoms with Crippen LogP contribution in [0.3, 0.4) is 0 Å². The fourth-order valence-electron chi connectivity index (χ4n) is 1.06. The summed E-state index contributed by atoms with van der Waals surface area (Å²) in [5.74, 6) is 0. The number of imidazole rings is 1. The smallest absolute Gasteiger partial charge is 0.345 e. The molecule has 2 rings (SSSR count). The van der Waals surface area contributed by atoms with Crippen molar-refractivity contribution in [2.24, 2.45) is 0 Å². The monoisotopic (exact) mass is 230 g/mol. The van der Waals surface area contributed by atoms with E-state index in [1.54, 1.807) is 0 Å². The van der Waals surface area contributed by atoms with E-state index in [0.29, 0.717) is 11.2 Å². The zero-order chi connectivity index (χ0) is 11.4. The topological polar surface area (TPSA) is 72.9 Å². The third kappa shape index (κ3) is 2.60. The Balaban J connectivity index is 1.89. The van der Waals surface area contributed by atoms with Crippen molar-refractivity contribution >= 4 is 11.2 Å². The van der Waals surface area contributed by atoms with Gasteiger partial charge < -0.3 is 14.5 Å². The highest BCUT2D eigenvalue weighted by atomic mass is 19.3. The van der Waals surface area contributed by atoms with E-state index in [1.165, 1.54) is 12.5 Å². The molecule has 2 aromatic heterocycles. The molecule has 0 unspecified atom stereocenters. The van der Waals surface area contributed by atoms with Gasteiger partial charge in [0.15, 0.2) is 5.65 Å². The molecule has 0 spiro atoms. The van der Waals surface area contributed by atoms with Gasteiger partial charge in [-0.05, 0) is 0 Å².